The Balaban J connectivity index is 1.79. The van der Waals surface area contributed by atoms with Crippen LogP contribution in [-0.2, 0) is 4.74 Å². The zero-order valence-electron chi connectivity index (χ0n) is 11.8. The van der Waals surface area contributed by atoms with Crippen molar-refractivity contribution in [3.05, 3.63) is 65.0 Å². The third-order valence-electron chi connectivity index (χ3n) is 3.64. The van der Waals surface area contributed by atoms with E-state index >= 15 is 0 Å². The molecule has 4 rings (SSSR count). The number of hydrogen-bond acceptors (Lipinski definition) is 4. The molecular formula is C18H14O4. The zero-order valence-corrected chi connectivity index (χ0v) is 11.8. The Labute approximate surface area is 126 Å². The number of fused-ring (bicyclic) bond motifs is 1. The normalized spacial score (nSPS) is 16.6. The molecule has 22 heavy (non-hydrogen) atoms. The van der Waals surface area contributed by atoms with Crippen molar-refractivity contribution in [3.63, 3.8) is 0 Å². The number of rotatable bonds is 4. The van der Waals surface area contributed by atoms with Gasteiger partial charge in [-0.25, -0.2) is 4.79 Å². The van der Waals surface area contributed by atoms with Crippen LogP contribution in [0.1, 0.15) is 0 Å². The fourth-order valence-corrected chi connectivity index (χ4v) is 2.44. The molecule has 3 aromatic rings. The van der Waals surface area contributed by atoms with Gasteiger partial charge in [0.1, 0.15) is 24.0 Å². The van der Waals surface area contributed by atoms with Crippen molar-refractivity contribution in [2.45, 2.75) is 6.10 Å². The molecule has 1 aliphatic rings. The lowest BCUT2D eigenvalue weighted by Gasteiger charge is -2.08. The Kier molecular flexibility index (Phi) is 3.16. The van der Waals surface area contributed by atoms with Gasteiger partial charge in [0, 0.05) is 17.5 Å². The molecule has 0 N–H and O–H groups in total. The van der Waals surface area contributed by atoms with E-state index in [4.69, 9.17) is 13.9 Å². The molecule has 2 heterocycles. The maximum absolute atomic E-state index is 11.8. The molecule has 1 aromatic heterocycles. The lowest BCUT2D eigenvalue weighted by atomic mass is 10.0. The Bertz CT molecular complexity index is 863. The van der Waals surface area contributed by atoms with E-state index in [0.29, 0.717) is 17.9 Å². The van der Waals surface area contributed by atoms with Gasteiger partial charge in [-0.1, -0.05) is 30.3 Å². The number of benzene rings is 2. The van der Waals surface area contributed by atoms with Crippen LogP contribution in [0, 0.1) is 0 Å². The molecule has 0 spiro atoms. The summed E-state index contributed by atoms with van der Waals surface area (Å²) >= 11 is 0. The van der Waals surface area contributed by atoms with Crippen LogP contribution in [0.5, 0.6) is 5.75 Å². The Morgan fingerprint density at radius 3 is 2.68 bits per heavy atom. The third-order valence-corrected chi connectivity index (χ3v) is 3.64. The summed E-state index contributed by atoms with van der Waals surface area (Å²) in [4.78, 5) is 11.8. The van der Waals surface area contributed by atoms with Crippen molar-refractivity contribution in [2.75, 3.05) is 13.2 Å². The molecular weight excluding hydrogens is 280 g/mol. The van der Waals surface area contributed by atoms with Gasteiger partial charge in [0.25, 0.3) is 0 Å². The molecule has 4 nitrogen and oxygen atoms in total. The van der Waals surface area contributed by atoms with E-state index in [1.807, 2.05) is 42.5 Å². The first-order valence-electron chi connectivity index (χ1n) is 7.17. The predicted molar refractivity (Wildman–Crippen MR) is 83.2 cm³/mol. The third kappa shape index (κ3) is 2.61. The highest BCUT2D eigenvalue weighted by molar-refractivity contribution is 5.93. The summed E-state index contributed by atoms with van der Waals surface area (Å²) in [5, 5.41) is 0.890. The van der Waals surface area contributed by atoms with E-state index in [1.165, 1.54) is 6.07 Å². The van der Waals surface area contributed by atoms with E-state index in [2.05, 4.69) is 0 Å². The highest BCUT2D eigenvalue weighted by atomic mass is 16.6. The molecule has 0 unspecified atom stereocenters. The second kappa shape index (κ2) is 5.31. The topological polar surface area (TPSA) is 52.0 Å². The van der Waals surface area contributed by atoms with E-state index in [-0.39, 0.29) is 11.7 Å². The van der Waals surface area contributed by atoms with Crippen LogP contribution in [-0.4, -0.2) is 19.3 Å². The Morgan fingerprint density at radius 1 is 1.09 bits per heavy atom. The van der Waals surface area contributed by atoms with Crippen LogP contribution in [0.25, 0.3) is 22.1 Å². The zero-order chi connectivity index (χ0) is 14.9. The smallest absolute Gasteiger partial charge is 0.336 e. The van der Waals surface area contributed by atoms with Crippen molar-refractivity contribution < 1.29 is 13.9 Å². The number of hydrogen-bond donors (Lipinski definition) is 0. The summed E-state index contributed by atoms with van der Waals surface area (Å²) in [6.07, 6.45) is 0.193. The van der Waals surface area contributed by atoms with Crippen molar-refractivity contribution >= 4 is 11.0 Å². The molecule has 1 aliphatic heterocycles. The maximum atomic E-state index is 11.8. The summed E-state index contributed by atoms with van der Waals surface area (Å²) in [7, 11) is 0. The minimum absolute atomic E-state index is 0.193. The first-order chi connectivity index (χ1) is 10.8. The molecule has 0 radical (unpaired) electrons. The van der Waals surface area contributed by atoms with Gasteiger partial charge in [0.15, 0.2) is 0 Å². The standard InChI is InChI=1S/C18H14O4/c19-18-9-16(12-4-2-1-3-5-12)15-7-6-13(8-17(15)22-18)20-10-14-11-21-14/h1-9,14H,10-11H2/t14-/m0/s1. The van der Waals surface area contributed by atoms with Gasteiger partial charge >= 0.3 is 5.63 Å². The molecule has 1 saturated heterocycles. The average Bonchev–Trinajstić information content (AvgIpc) is 3.37. The minimum Gasteiger partial charge on any atom is -0.491 e. The van der Waals surface area contributed by atoms with Crippen LogP contribution in [0.15, 0.2) is 63.8 Å². The van der Waals surface area contributed by atoms with Gasteiger partial charge in [-0.3, -0.25) is 0 Å². The molecule has 0 amide bonds. The van der Waals surface area contributed by atoms with Crippen molar-refractivity contribution in [1.29, 1.82) is 0 Å². The van der Waals surface area contributed by atoms with Gasteiger partial charge in [0.05, 0.1) is 6.61 Å². The Hall–Kier alpha value is -2.59. The van der Waals surface area contributed by atoms with Crippen LogP contribution in [0.4, 0.5) is 0 Å². The predicted octanol–water partition coefficient (Wildman–Crippen LogP) is 3.24. The summed E-state index contributed by atoms with van der Waals surface area (Å²) in [5.41, 5.74) is 2.01. The average molecular weight is 294 g/mol. The molecule has 4 heteroatoms. The van der Waals surface area contributed by atoms with Gasteiger partial charge in [-0.05, 0) is 23.3 Å². The summed E-state index contributed by atoms with van der Waals surface area (Å²) in [6.45, 7) is 1.27. The SMILES string of the molecule is O=c1cc(-c2ccccc2)c2ccc(OC[C@H]3CO3)cc2o1. The summed E-state index contributed by atoms with van der Waals surface area (Å²) < 4.78 is 16.1. The van der Waals surface area contributed by atoms with E-state index < -0.39 is 0 Å². The van der Waals surface area contributed by atoms with Crippen LogP contribution >= 0.6 is 0 Å². The molecule has 110 valence electrons. The van der Waals surface area contributed by atoms with Gasteiger partial charge < -0.3 is 13.9 Å². The molecule has 0 aliphatic carbocycles. The summed E-state index contributed by atoms with van der Waals surface area (Å²) in [6, 6.07) is 16.9. The lowest BCUT2D eigenvalue weighted by molar-refractivity contribution is 0.263. The lowest BCUT2D eigenvalue weighted by Crippen LogP contribution is -2.04. The van der Waals surface area contributed by atoms with Gasteiger partial charge in [0.2, 0.25) is 0 Å². The highest BCUT2D eigenvalue weighted by Crippen LogP contribution is 2.29. The van der Waals surface area contributed by atoms with Crippen LogP contribution in [0.3, 0.4) is 0 Å². The Morgan fingerprint density at radius 2 is 1.91 bits per heavy atom. The van der Waals surface area contributed by atoms with Gasteiger partial charge in [-0.15, -0.1) is 0 Å². The van der Waals surface area contributed by atoms with Crippen LogP contribution in [0.2, 0.25) is 0 Å². The van der Waals surface area contributed by atoms with Crippen molar-refractivity contribution in [1.82, 2.24) is 0 Å². The minimum atomic E-state index is -0.367. The van der Waals surface area contributed by atoms with Crippen molar-refractivity contribution in [3.8, 4) is 16.9 Å². The van der Waals surface area contributed by atoms with Crippen molar-refractivity contribution in [2.24, 2.45) is 0 Å². The summed E-state index contributed by atoms with van der Waals surface area (Å²) in [5.74, 6) is 0.677. The monoisotopic (exact) mass is 294 g/mol. The van der Waals surface area contributed by atoms with E-state index in [9.17, 15) is 4.79 Å². The fourth-order valence-electron chi connectivity index (χ4n) is 2.44. The highest BCUT2D eigenvalue weighted by Gasteiger charge is 2.23. The quantitative estimate of drug-likeness (QED) is 0.547. The maximum Gasteiger partial charge on any atom is 0.336 e. The van der Waals surface area contributed by atoms with E-state index in [0.717, 1.165) is 23.1 Å². The number of epoxide rings is 1. The molecule has 1 fully saturated rings. The largest absolute Gasteiger partial charge is 0.491 e. The first kappa shape index (κ1) is 13.1. The van der Waals surface area contributed by atoms with Gasteiger partial charge in [-0.2, -0.15) is 0 Å². The molecule has 2 aromatic carbocycles. The molecule has 1 atom stereocenters. The fraction of sp³-hybridized carbons (Fsp3) is 0.167. The number of ether oxygens (including phenoxy) is 2. The van der Waals surface area contributed by atoms with Crippen LogP contribution < -0.4 is 10.4 Å². The second-order valence-electron chi connectivity index (χ2n) is 5.27. The molecule has 0 bridgehead atoms. The first-order valence-corrected chi connectivity index (χ1v) is 7.17. The van der Waals surface area contributed by atoms with E-state index in [1.54, 1.807) is 6.07 Å². The second-order valence-corrected chi connectivity index (χ2v) is 5.27. The molecule has 0 saturated carbocycles.